The van der Waals surface area contributed by atoms with Crippen molar-refractivity contribution in [3.63, 3.8) is 0 Å². The van der Waals surface area contributed by atoms with Crippen LogP contribution in [0.4, 0.5) is 0 Å². The number of hydrogen-bond acceptors (Lipinski definition) is 2. The van der Waals surface area contributed by atoms with E-state index in [1.807, 2.05) is 6.07 Å². The van der Waals surface area contributed by atoms with Gasteiger partial charge in [-0.25, -0.2) is 0 Å². The van der Waals surface area contributed by atoms with Gasteiger partial charge in [-0.15, -0.1) is 0 Å². The van der Waals surface area contributed by atoms with Gasteiger partial charge in [-0.3, -0.25) is 9.69 Å². The third kappa shape index (κ3) is 2.86. The van der Waals surface area contributed by atoms with E-state index in [1.54, 1.807) is 0 Å². The zero-order valence-electron chi connectivity index (χ0n) is 10.2. The molecule has 0 radical (unpaired) electrons. The number of likely N-dealkylation sites (tertiary alicyclic amines) is 1. The van der Waals surface area contributed by atoms with Gasteiger partial charge in [0.1, 0.15) is 0 Å². The van der Waals surface area contributed by atoms with E-state index in [4.69, 9.17) is 5.11 Å². The first-order valence-electron chi connectivity index (χ1n) is 6.19. The van der Waals surface area contributed by atoms with Crippen LogP contribution in [-0.2, 0) is 4.79 Å². The molecular formula is C14H19NO2. The SMILES string of the molecule is C[C@H]1CN(CCCC(=O)O)[C@@H]1c1ccccc1. The van der Waals surface area contributed by atoms with Gasteiger partial charge in [0, 0.05) is 19.0 Å². The van der Waals surface area contributed by atoms with Gasteiger partial charge in [0.2, 0.25) is 0 Å². The molecule has 0 bridgehead atoms. The van der Waals surface area contributed by atoms with Crippen molar-refractivity contribution in [2.75, 3.05) is 13.1 Å². The topological polar surface area (TPSA) is 40.5 Å². The van der Waals surface area contributed by atoms with Crippen molar-refractivity contribution < 1.29 is 9.90 Å². The Bertz CT molecular complexity index is 377. The summed E-state index contributed by atoms with van der Waals surface area (Å²) >= 11 is 0. The second-order valence-corrected chi connectivity index (χ2v) is 4.83. The molecule has 1 aliphatic rings. The van der Waals surface area contributed by atoms with E-state index in [1.165, 1.54) is 5.56 Å². The van der Waals surface area contributed by atoms with Crippen LogP contribution in [0.2, 0.25) is 0 Å². The maximum absolute atomic E-state index is 10.5. The highest BCUT2D eigenvalue weighted by atomic mass is 16.4. The van der Waals surface area contributed by atoms with E-state index < -0.39 is 5.97 Å². The number of nitrogens with zero attached hydrogens (tertiary/aromatic N) is 1. The average Bonchev–Trinajstić information content (AvgIpc) is 2.28. The molecule has 0 spiro atoms. The first-order valence-corrected chi connectivity index (χ1v) is 6.19. The van der Waals surface area contributed by atoms with E-state index >= 15 is 0 Å². The number of rotatable bonds is 5. The molecule has 0 unspecified atom stereocenters. The van der Waals surface area contributed by atoms with Gasteiger partial charge in [0.25, 0.3) is 0 Å². The van der Waals surface area contributed by atoms with Crippen molar-refractivity contribution in [3.8, 4) is 0 Å². The third-order valence-electron chi connectivity index (χ3n) is 3.43. The second-order valence-electron chi connectivity index (χ2n) is 4.83. The maximum atomic E-state index is 10.5. The Morgan fingerprint density at radius 3 is 2.71 bits per heavy atom. The molecule has 1 fully saturated rings. The monoisotopic (exact) mass is 233 g/mol. The lowest BCUT2D eigenvalue weighted by Crippen LogP contribution is -2.48. The minimum atomic E-state index is -0.699. The average molecular weight is 233 g/mol. The predicted molar refractivity (Wildman–Crippen MR) is 66.8 cm³/mol. The fraction of sp³-hybridized carbons (Fsp3) is 0.500. The molecule has 3 heteroatoms. The van der Waals surface area contributed by atoms with Crippen molar-refractivity contribution >= 4 is 5.97 Å². The molecule has 2 atom stereocenters. The summed E-state index contributed by atoms with van der Waals surface area (Å²) in [4.78, 5) is 12.9. The number of carboxylic acid groups (broad SMARTS) is 1. The molecule has 1 N–H and O–H groups in total. The maximum Gasteiger partial charge on any atom is 0.303 e. The van der Waals surface area contributed by atoms with Crippen molar-refractivity contribution in [3.05, 3.63) is 35.9 Å². The molecule has 92 valence electrons. The largest absolute Gasteiger partial charge is 0.481 e. The van der Waals surface area contributed by atoms with Crippen LogP contribution in [0.15, 0.2) is 30.3 Å². The van der Waals surface area contributed by atoms with Crippen LogP contribution in [0.1, 0.15) is 31.4 Å². The van der Waals surface area contributed by atoms with Crippen LogP contribution in [-0.4, -0.2) is 29.1 Å². The van der Waals surface area contributed by atoms with Gasteiger partial charge >= 0.3 is 5.97 Å². The Labute approximate surface area is 102 Å². The molecule has 1 saturated heterocycles. The summed E-state index contributed by atoms with van der Waals surface area (Å²) in [7, 11) is 0. The van der Waals surface area contributed by atoms with Crippen molar-refractivity contribution in [1.82, 2.24) is 4.90 Å². The summed E-state index contributed by atoms with van der Waals surface area (Å²) in [5.41, 5.74) is 1.35. The Balaban J connectivity index is 1.90. The highest BCUT2D eigenvalue weighted by Gasteiger charge is 2.35. The molecule has 1 heterocycles. The molecule has 1 aromatic rings. The summed E-state index contributed by atoms with van der Waals surface area (Å²) in [5.74, 6) is -0.0305. The van der Waals surface area contributed by atoms with Crippen molar-refractivity contribution in [1.29, 1.82) is 0 Å². The predicted octanol–water partition coefficient (Wildman–Crippen LogP) is 2.54. The highest BCUT2D eigenvalue weighted by Crippen LogP contribution is 2.38. The quantitative estimate of drug-likeness (QED) is 0.849. The molecule has 0 aromatic heterocycles. The molecule has 2 rings (SSSR count). The summed E-state index contributed by atoms with van der Waals surface area (Å²) in [5, 5.41) is 8.63. The van der Waals surface area contributed by atoms with E-state index in [9.17, 15) is 4.79 Å². The smallest absolute Gasteiger partial charge is 0.303 e. The Morgan fingerprint density at radius 1 is 1.41 bits per heavy atom. The number of carbonyl (C=O) groups is 1. The number of hydrogen-bond donors (Lipinski definition) is 1. The van der Waals surface area contributed by atoms with Crippen LogP contribution < -0.4 is 0 Å². The Hall–Kier alpha value is -1.35. The van der Waals surface area contributed by atoms with E-state index in [-0.39, 0.29) is 6.42 Å². The number of carboxylic acids is 1. The van der Waals surface area contributed by atoms with Gasteiger partial charge in [-0.05, 0) is 24.4 Å². The minimum absolute atomic E-state index is 0.270. The Kier molecular flexibility index (Phi) is 3.79. The van der Waals surface area contributed by atoms with Crippen LogP contribution in [0.3, 0.4) is 0 Å². The van der Waals surface area contributed by atoms with Gasteiger partial charge < -0.3 is 5.11 Å². The molecule has 0 saturated carbocycles. The second kappa shape index (κ2) is 5.32. The zero-order chi connectivity index (χ0) is 12.3. The summed E-state index contributed by atoms with van der Waals surface area (Å²) in [6.45, 7) is 4.22. The highest BCUT2D eigenvalue weighted by molar-refractivity contribution is 5.66. The van der Waals surface area contributed by atoms with Gasteiger partial charge in [0.15, 0.2) is 0 Å². The third-order valence-corrected chi connectivity index (χ3v) is 3.43. The van der Waals surface area contributed by atoms with Crippen molar-refractivity contribution in [2.45, 2.75) is 25.8 Å². The first-order chi connectivity index (χ1) is 8.18. The van der Waals surface area contributed by atoms with Gasteiger partial charge in [0.05, 0.1) is 0 Å². The lowest BCUT2D eigenvalue weighted by molar-refractivity contribution is -0.137. The number of aliphatic carboxylic acids is 1. The van der Waals surface area contributed by atoms with E-state index in [0.29, 0.717) is 12.0 Å². The number of benzene rings is 1. The van der Waals surface area contributed by atoms with E-state index in [2.05, 4.69) is 36.1 Å². The fourth-order valence-corrected chi connectivity index (χ4v) is 2.66. The fourth-order valence-electron chi connectivity index (χ4n) is 2.66. The normalized spacial score (nSPS) is 24.3. The lowest BCUT2D eigenvalue weighted by atomic mass is 9.84. The molecule has 1 aliphatic heterocycles. The van der Waals surface area contributed by atoms with Crippen molar-refractivity contribution in [2.24, 2.45) is 5.92 Å². The zero-order valence-corrected chi connectivity index (χ0v) is 10.2. The van der Waals surface area contributed by atoms with Crippen LogP contribution in [0.25, 0.3) is 0 Å². The minimum Gasteiger partial charge on any atom is -0.481 e. The van der Waals surface area contributed by atoms with Crippen LogP contribution >= 0.6 is 0 Å². The summed E-state index contributed by atoms with van der Waals surface area (Å²) in [6, 6.07) is 11.0. The molecule has 0 aliphatic carbocycles. The molecule has 17 heavy (non-hydrogen) atoms. The first kappa shape index (κ1) is 12.1. The van der Waals surface area contributed by atoms with Crippen LogP contribution in [0, 0.1) is 5.92 Å². The van der Waals surface area contributed by atoms with Gasteiger partial charge in [-0.2, -0.15) is 0 Å². The molecule has 0 amide bonds. The lowest BCUT2D eigenvalue weighted by Gasteiger charge is -2.47. The molecule has 1 aromatic carbocycles. The molecular weight excluding hydrogens is 214 g/mol. The van der Waals surface area contributed by atoms with Gasteiger partial charge in [-0.1, -0.05) is 37.3 Å². The summed E-state index contributed by atoms with van der Waals surface area (Å²) < 4.78 is 0. The molecule has 3 nitrogen and oxygen atoms in total. The Morgan fingerprint density at radius 2 is 2.12 bits per heavy atom. The standard InChI is InChI=1S/C14H19NO2/c1-11-10-15(9-5-8-13(16)17)14(11)12-6-3-2-4-7-12/h2-4,6-7,11,14H,5,8-10H2,1H3,(H,16,17)/t11-,14-/m0/s1. The van der Waals surface area contributed by atoms with Crippen LogP contribution in [0.5, 0.6) is 0 Å². The van der Waals surface area contributed by atoms with E-state index in [0.717, 1.165) is 19.5 Å². The summed E-state index contributed by atoms with van der Waals surface area (Å²) in [6.07, 6.45) is 1.01.